The van der Waals surface area contributed by atoms with Crippen LogP contribution in [-0.4, -0.2) is 35.1 Å². The van der Waals surface area contributed by atoms with Crippen LogP contribution in [0.15, 0.2) is 28.8 Å². The maximum absolute atomic E-state index is 12.5. The first-order valence-corrected chi connectivity index (χ1v) is 9.69. The minimum atomic E-state index is -0.163. The third kappa shape index (κ3) is 3.90. The van der Waals surface area contributed by atoms with Gasteiger partial charge in [-0.05, 0) is 36.5 Å². The van der Waals surface area contributed by atoms with Crippen LogP contribution in [-0.2, 0) is 6.54 Å². The quantitative estimate of drug-likeness (QED) is 0.829. The molecule has 2 fully saturated rings. The Morgan fingerprint density at radius 1 is 1.31 bits per heavy atom. The van der Waals surface area contributed by atoms with Crippen molar-refractivity contribution in [2.24, 2.45) is 5.92 Å². The van der Waals surface area contributed by atoms with Crippen LogP contribution in [0.1, 0.15) is 47.5 Å². The third-order valence-electron chi connectivity index (χ3n) is 5.15. The lowest BCUT2D eigenvalue weighted by Crippen LogP contribution is -2.40. The molecule has 7 heteroatoms. The fourth-order valence-corrected chi connectivity index (χ4v) is 3.94. The number of nitrogens with one attached hydrogen (secondary N) is 1. The summed E-state index contributed by atoms with van der Waals surface area (Å²) >= 11 is 12.2. The van der Waals surface area contributed by atoms with Crippen molar-refractivity contribution >= 4 is 29.1 Å². The van der Waals surface area contributed by atoms with E-state index in [0.29, 0.717) is 27.6 Å². The number of likely N-dealkylation sites (tertiary alicyclic amines) is 1. The highest BCUT2D eigenvalue weighted by Gasteiger charge is 2.33. The van der Waals surface area contributed by atoms with Crippen molar-refractivity contribution in [1.82, 2.24) is 15.4 Å². The highest BCUT2D eigenvalue weighted by Crippen LogP contribution is 2.40. The van der Waals surface area contributed by atoms with E-state index in [-0.39, 0.29) is 11.9 Å². The Morgan fingerprint density at radius 2 is 2.12 bits per heavy atom. The van der Waals surface area contributed by atoms with Crippen molar-refractivity contribution in [3.05, 3.63) is 51.3 Å². The fraction of sp³-hybridized carbons (Fsp3) is 0.474. The van der Waals surface area contributed by atoms with Crippen molar-refractivity contribution in [2.75, 3.05) is 13.1 Å². The third-order valence-corrected chi connectivity index (χ3v) is 5.74. The van der Waals surface area contributed by atoms with Crippen LogP contribution in [0.25, 0.3) is 0 Å². The van der Waals surface area contributed by atoms with E-state index in [1.54, 1.807) is 12.1 Å². The van der Waals surface area contributed by atoms with Gasteiger partial charge in [0.25, 0.3) is 5.91 Å². The molecule has 5 nitrogen and oxygen atoms in total. The van der Waals surface area contributed by atoms with E-state index in [2.05, 4.69) is 22.3 Å². The standard InChI is InChI=1S/C19H21Cl2N3O2/c1-11-8-24(9-13-4-5-14(20)6-15(13)21)10-17(11)22-19(25)16-7-18(26-23-16)12-2-3-12/h4-7,11-12,17H,2-3,8-10H2,1H3,(H,22,25)/t11-,17+/m1/s1. The second-order valence-electron chi connectivity index (χ2n) is 7.38. The number of carbonyl (C=O) groups excluding carboxylic acids is 1. The van der Waals surface area contributed by atoms with Crippen LogP contribution in [0.3, 0.4) is 0 Å². The number of carbonyl (C=O) groups is 1. The first-order valence-electron chi connectivity index (χ1n) is 8.93. The normalized spacial score (nSPS) is 23.3. The molecule has 1 aromatic heterocycles. The Bertz CT molecular complexity index is 819. The molecule has 1 saturated heterocycles. The molecule has 2 heterocycles. The van der Waals surface area contributed by atoms with Crippen molar-refractivity contribution in [3.8, 4) is 0 Å². The van der Waals surface area contributed by atoms with Crippen molar-refractivity contribution in [2.45, 2.75) is 38.3 Å². The molecule has 2 aliphatic rings. The lowest BCUT2D eigenvalue weighted by atomic mass is 10.1. The molecule has 1 N–H and O–H groups in total. The Morgan fingerprint density at radius 3 is 2.85 bits per heavy atom. The van der Waals surface area contributed by atoms with Gasteiger partial charge in [0.1, 0.15) is 5.76 Å². The predicted octanol–water partition coefficient (Wildman–Crippen LogP) is 4.11. The fourth-order valence-electron chi connectivity index (χ4n) is 3.47. The van der Waals surface area contributed by atoms with Crippen LogP contribution < -0.4 is 5.32 Å². The Hall–Kier alpha value is -1.56. The van der Waals surface area contributed by atoms with Crippen LogP contribution in [0.2, 0.25) is 10.0 Å². The smallest absolute Gasteiger partial charge is 0.273 e. The zero-order valence-electron chi connectivity index (χ0n) is 14.5. The van der Waals surface area contributed by atoms with E-state index in [9.17, 15) is 4.79 Å². The summed E-state index contributed by atoms with van der Waals surface area (Å²) in [6.45, 7) is 4.56. The van der Waals surface area contributed by atoms with Gasteiger partial charge in [-0.3, -0.25) is 9.69 Å². The number of aromatic nitrogens is 1. The number of halogens is 2. The van der Waals surface area contributed by atoms with Gasteiger partial charge in [0, 0.05) is 47.7 Å². The summed E-state index contributed by atoms with van der Waals surface area (Å²) in [6, 6.07) is 7.42. The average Bonchev–Trinajstić information content (AvgIpc) is 3.22. The topological polar surface area (TPSA) is 58.4 Å². The summed E-state index contributed by atoms with van der Waals surface area (Å²) in [6.07, 6.45) is 2.25. The maximum atomic E-state index is 12.5. The van der Waals surface area contributed by atoms with Crippen LogP contribution in [0.4, 0.5) is 0 Å². The second-order valence-corrected chi connectivity index (χ2v) is 8.22. The second kappa shape index (κ2) is 7.22. The van der Waals surface area contributed by atoms with Crippen molar-refractivity contribution in [1.29, 1.82) is 0 Å². The molecular weight excluding hydrogens is 373 g/mol. The van der Waals surface area contributed by atoms with E-state index in [4.69, 9.17) is 27.7 Å². The minimum Gasteiger partial charge on any atom is -0.360 e. The first-order chi connectivity index (χ1) is 12.5. The molecular formula is C19H21Cl2N3O2. The molecule has 1 aromatic carbocycles. The molecule has 4 rings (SSSR count). The number of benzene rings is 1. The van der Waals surface area contributed by atoms with Gasteiger partial charge in [-0.1, -0.05) is 41.3 Å². The van der Waals surface area contributed by atoms with E-state index in [1.165, 1.54) is 0 Å². The van der Waals surface area contributed by atoms with Gasteiger partial charge < -0.3 is 9.84 Å². The molecule has 2 aromatic rings. The largest absolute Gasteiger partial charge is 0.360 e. The van der Waals surface area contributed by atoms with Gasteiger partial charge >= 0.3 is 0 Å². The zero-order valence-corrected chi connectivity index (χ0v) is 16.1. The summed E-state index contributed by atoms with van der Waals surface area (Å²) in [7, 11) is 0. The molecule has 1 saturated carbocycles. The number of hydrogen-bond acceptors (Lipinski definition) is 4. The molecule has 138 valence electrons. The lowest BCUT2D eigenvalue weighted by Gasteiger charge is -2.17. The highest BCUT2D eigenvalue weighted by molar-refractivity contribution is 6.35. The van der Waals surface area contributed by atoms with Gasteiger partial charge in [0.2, 0.25) is 0 Å². The molecule has 2 atom stereocenters. The van der Waals surface area contributed by atoms with Crippen molar-refractivity contribution in [3.63, 3.8) is 0 Å². The van der Waals surface area contributed by atoms with Gasteiger partial charge in [0.15, 0.2) is 5.69 Å². The molecule has 0 radical (unpaired) electrons. The van der Waals surface area contributed by atoms with E-state index >= 15 is 0 Å². The predicted molar refractivity (Wildman–Crippen MR) is 101 cm³/mol. The summed E-state index contributed by atoms with van der Waals surface area (Å²) in [5.41, 5.74) is 1.42. The highest BCUT2D eigenvalue weighted by atomic mass is 35.5. The van der Waals surface area contributed by atoms with Crippen LogP contribution >= 0.6 is 23.2 Å². The molecule has 0 bridgehead atoms. The number of amides is 1. The van der Waals surface area contributed by atoms with Crippen molar-refractivity contribution < 1.29 is 9.32 Å². The molecule has 0 unspecified atom stereocenters. The summed E-state index contributed by atoms with van der Waals surface area (Å²) in [4.78, 5) is 14.8. The van der Waals surface area contributed by atoms with Crippen LogP contribution in [0, 0.1) is 5.92 Å². The average molecular weight is 394 g/mol. The summed E-state index contributed by atoms with van der Waals surface area (Å²) in [5, 5.41) is 8.33. The zero-order chi connectivity index (χ0) is 18.3. The molecule has 1 aliphatic heterocycles. The first kappa shape index (κ1) is 17.8. The number of rotatable bonds is 5. The Kier molecular flexibility index (Phi) is 4.95. The summed E-state index contributed by atoms with van der Waals surface area (Å²) in [5.74, 6) is 1.46. The van der Waals surface area contributed by atoms with Crippen LogP contribution in [0.5, 0.6) is 0 Å². The molecule has 0 spiro atoms. The SMILES string of the molecule is C[C@@H]1CN(Cc2ccc(Cl)cc2Cl)C[C@@H]1NC(=O)c1cc(C2CC2)on1. The summed E-state index contributed by atoms with van der Waals surface area (Å²) < 4.78 is 5.28. The van der Waals surface area contributed by atoms with Gasteiger partial charge in [-0.2, -0.15) is 0 Å². The molecule has 1 amide bonds. The molecule has 26 heavy (non-hydrogen) atoms. The Labute approximate surface area is 162 Å². The monoisotopic (exact) mass is 393 g/mol. The number of hydrogen-bond donors (Lipinski definition) is 1. The number of nitrogens with zero attached hydrogens (tertiary/aromatic N) is 2. The van der Waals surface area contributed by atoms with E-state index in [1.807, 2.05) is 12.1 Å². The lowest BCUT2D eigenvalue weighted by molar-refractivity contribution is 0.0922. The van der Waals surface area contributed by atoms with Gasteiger partial charge in [0.05, 0.1) is 0 Å². The van der Waals surface area contributed by atoms with E-state index in [0.717, 1.165) is 43.8 Å². The van der Waals surface area contributed by atoms with E-state index < -0.39 is 0 Å². The van der Waals surface area contributed by atoms with Gasteiger partial charge in [-0.25, -0.2) is 0 Å². The Balaban J connectivity index is 1.36. The maximum Gasteiger partial charge on any atom is 0.273 e. The molecule has 1 aliphatic carbocycles. The van der Waals surface area contributed by atoms with Gasteiger partial charge in [-0.15, -0.1) is 0 Å². The minimum absolute atomic E-state index is 0.0784.